The molecular formula is C22H14Cl2F4N4O5. The second kappa shape index (κ2) is 9.92. The second-order valence-corrected chi connectivity index (χ2v) is 8.11. The average Bonchev–Trinajstić information content (AvgIpc) is 2.81. The van der Waals surface area contributed by atoms with Crippen molar-refractivity contribution in [3.63, 3.8) is 0 Å². The van der Waals surface area contributed by atoms with Crippen LogP contribution in [0.25, 0.3) is 0 Å². The number of nitrogens with zero attached hydrogens (tertiary/aromatic N) is 1. The van der Waals surface area contributed by atoms with Gasteiger partial charge in [-0.1, -0.05) is 23.2 Å². The minimum Gasteiger partial charge on any atom is -0.456 e. The lowest BCUT2D eigenvalue weighted by molar-refractivity contribution is -0.461. The molecule has 1 aliphatic rings. The van der Waals surface area contributed by atoms with Crippen molar-refractivity contribution in [3.8, 4) is 17.2 Å². The summed E-state index contributed by atoms with van der Waals surface area (Å²) in [6.45, 7) is 0. The zero-order valence-corrected chi connectivity index (χ0v) is 19.9. The fraction of sp³-hybridized carbons (Fsp3) is 0.136. The van der Waals surface area contributed by atoms with Gasteiger partial charge in [0, 0.05) is 31.1 Å². The Kier molecular flexibility index (Phi) is 7.04. The van der Waals surface area contributed by atoms with E-state index in [1.54, 1.807) is 0 Å². The van der Waals surface area contributed by atoms with E-state index < -0.39 is 35.7 Å². The van der Waals surface area contributed by atoms with Crippen molar-refractivity contribution >= 4 is 46.5 Å². The molecule has 0 saturated heterocycles. The van der Waals surface area contributed by atoms with Crippen LogP contribution in [0.4, 0.5) is 33.7 Å². The van der Waals surface area contributed by atoms with Crippen molar-refractivity contribution in [2.24, 2.45) is 0 Å². The Morgan fingerprint density at radius 2 is 1.76 bits per heavy atom. The lowest BCUT2D eigenvalue weighted by Gasteiger charge is -2.30. The van der Waals surface area contributed by atoms with E-state index in [9.17, 15) is 27.2 Å². The van der Waals surface area contributed by atoms with Gasteiger partial charge in [0.25, 0.3) is 5.91 Å². The molecule has 0 radical (unpaired) electrons. The molecule has 3 aromatic rings. The Balaban J connectivity index is 1.51. The number of amides is 3. The van der Waals surface area contributed by atoms with E-state index in [0.717, 1.165) is 18.2 Å². The number of aromatic nitrogens is 1. The molecule has 1 aromatic heterocycles. The SMILES string of the molecule is CNC(=O)c1cc(Oc2cc(NC(=O)Nc3ccc4c(c3)C(F)(F)OC(F)(F)O4)c(Cl)cc2Cl)ccn1. The molecule has 15 heteroatoms. The predicted molar refractivity (Wildman–Crippen MR) is 124 cm³/mol. The van der Waals surface area contributed by atoms with Crippen molar-refractivity contribution in [1.29, 1.82) is 0 Å². The van der Waals surface area contributed by atoms with Crippen LogP contribution in [0.3, 0.4) is 0 Å². The molecule has 3 amide bonds. The molecule has 0 unspecified atom stereocenters. The van der Waals surface area contributed by atoms with Gasteiger partial charge in [-0.3, -0.25) is 9.78 Å². The molecular weight excluding hydrogens is 547 g/mol. The molecule has 9 nitrogen and oxygen atoms in total. The Morgan fingerprint density at radius 1 is 1.00 bits per heavy atom. The van der Waals surface area contributed by atoms with Gasteiger partial charge in [-0.2, -0.15) is 8.78 Å². The third-order valence-electron chi connectivity index (χ3n) is 4.72. The first-order valence-electron chi connectivity index (χ1n) is 10.1. The summed E-state index contributed by atoms with van der Waals surface area (Å²) < 4.78 is 67.5. The van der Waals surface area contributed by atoms with E-state index in [2.05, 4.69) is 30.4 Å². The van der Waals surface area contributed by atoms with Crippen molar-refractivity contribution in [3.05, 3.63) is 70.0 Å². The molecule has 0 aliphatic carbocycles. The minimum absolute atomic E-state index is 0.00860. The number of hydrogen-bond donors (Lipinski definition) is 3. The number of hydrogen-bond acceptors (Lipinski definition) is 6. The maximum atomic E-state index is 14.0. The fourth-order valence-corrected chi connectivity index (χ4v) is 3.59. The summed E-state index contributed by atoms with van der Waals surface area (Å²) in [7, 11) is 1.44. The smallest absolute Gasteiger partial charge is 0.456 e. The molecule has 0 saturated carbocycles. The molecule has 2 aromatic carbocycles. The molecule has 37 heavy (non-hydrogen) atoms. The molecule has 194 valence electrons. The number of nitrogens with one attached hydrogen (secondary N) is 3. The van der Waals surface area contributed by atoms with E-state index in [4.69, 9.17) is 27.9 Å². The third-order valence-corrected chi connectivity index (χ3v) is 5.32. The summed E-state index contributed by atoms with van der Waals surface area (Å²) in [5.41, 5.74) is -1.09. The number of pyridine rings is 1. The van der Waals surface area contributed by atoms with Crippen LogP contribution in [0.15, 0.2) is 48.7 Å². The van der Waals surface area contributed by atoms with E-state index in [1.165, 1.54) is 37.5 Å². The second-order valence-electron chi connectivity index (χ2n) is 7.29. The number of halogens is 6. The highest BCUT2D eigenvalue weighted by molar-refractivity contribution is 6.37. The zero-order chi connectivity index (χ0) is 27.0. The molecule has 0 atom stereocenters. The van der Waals surface area contributed by atoms with Crippen molar-refractivity contribution in [2.75, 3.05) is 17.7 Å². The van der Waals surface area contributed by atoms with Crippen LogP contribution in [0.1, 0.15) is 16.1 Å². The summed E-state index contributed by atoms with van der Waals surface area (Å²) in [6, 6.07) is 7.09. The normalized spacial score (nSPS) is 15.1. The molecule has 3 N–H and O–H groups in total. The van der Waals surface area contributed by atoms with Gasteiger partial charge in [0.05, 0.1) is 21.3 Å². The molecule has 2 heterocycles. The number of ether oxygens (including phenoxy) is 3. The van der Waals surface area contributed by atoms with Crippen molar-refractivity contribution in [2.45, 2.75) is 12.4 Å². The van der Waals surface area contributed by atoms with Crippen LogP contribution in [0, 0.1) is 0 Å². The van der Waals surface area contributed by atoms with E-state index in [1.807, 2.05) is 0 Å². The summed E-state index contributed by atoms with van der Waals surface area (Å²) in [5.74, 6) is -0.999. The summed E-state index contributed by atoms with van der Waals surface area (Å²) in [4.78, 5) is 28.2. The monoisotopic (exact) mass is 560 g/mol. The number of benzene rings is 2. The predicted octanol–water partition coefficient (Wildman–Crippen LogP) is 6.19. The quantitative estimate of drug-likeness (QED) is 0.321. The Bertz CT molecular complexity index is 1390. The minimum atomic E-state index is -4.52. The Labute approximate surface area is 215 Å². The first kappa shape index (κ1) is 26.3. The largest absolute Gasteiger partial charge is 0.540 e. The van der Waals surface area contributed by atoms with Gasteiger partial charge in [0.15, 0.2) is 0 Å². The summed E-state index contributed by atoms with van der Waals surface area (Å²) >= 11 is 12.3. The van der Waals surface area contributed by atoms with Crippen LogP contribution in [0.5, 0.6) is 17.2 Å². The van der Waals surface area contributed by atoms with Crippen LogP contribution >= 0.6 is 23.2 Å². The van der Waals surface area contributed by atoms with Gasteiger partial charge in [-0.25, -0.2) is 9.53 Å². The number of urea groups is 1. The molecule has 0 spiro atoms. The highest BCUT2D eigenvalue weighted by Crippen LogP contribution is 2.47. The number of anilines is 2. The maximum Gasteiger partial charge on any atom is 0.540 e. The van der Waals surface area contributed by atoms with E-state index >= 15 is 0 Å². The Morgan fingerprint density at radius 3 is 2.49 bits per heavy atom. The van der Waals surface area contributed by atoms with Crippen LogP contribution < -0.4 is 25.4 Å². The third kappa shape index (κ3) is 5.96. The summed E-state index contributed by atoms with van der Waals surface area (Å²) in [5, 5.41) is 7.17. The molecule has 0 fully saturated rings. The van der Waals surface area contributed by atoms with Crippen LogP contribution in [-0.4, -0.2) is 30.3 Å². The lowest BCUT2D eigenvalue weighted by Crippen LogP contribution is -2.41. The van der Waals surface area contributed by atoms with Gasteiger partial charge in [-0.05, 0) is 30.3 Å². The zero-order valence-electron chi connectivity index (χ0n) is 18.4. The highest BCUT2D eigenvalue weighted by atomic mass is 35.5. The van der Waals surface area contributed by atoms with Crippen molar-refractivity contribution < 1.29 is 41.4 Å². The Hall–Kier alpha value is -3.81. The van der Waals surface area contributed by atoms with Crippen molar-refractivity contribution in [1.82, 2.24) is 10.3 Å². The number of alkyl halides is 4. The molecule has 0 bridgehead atoms. The van der Waals surface area contributed by atoms with Crippen LogP contribution in [-0.2, 0) is 10.8 Å². The highest BCUT2D eigenvalue weighted by Gasteiger charge is 2.54. The average molecular weight is 561 g/mol. The number of fused-ring (bicyclic) bond motifs is 1. The fourth-order valence-electron chi connectivity index (χ4n) is 3.12. The standard InChI is InChI=1S/C22H14Cl2F4N4O5/c1-29-19(33)16-7-11(4-5-30-16)35-18-9-15(13(23)8-14(18)24)32-20(34)31-10-2-3-17-12(6-10)21(25,26)37-22(27,28)36-17/h2-9H,1H3,(H,29,33)(H2,31,32,34). The number of rotatable bonds is 5. The van der Waals surface area contributed by atoms with E-state index in [-0.39, 0.29) is 38.6 Å². The van der Waals surface area contributed by atoms with Crippen LogP contribution in [0.2, 0.25) is 10.0 Å². The maximum absolute atomic E-state index is 14.0. The molecule has 1 aliphatic heterocycles. The first-order chi connectivity index (χ1) is 17.4. The van der Waals surface area contributed by atoms with Gasteiger partial charge in [0.1, 0.15) is 22.9 Å². The first-order valence-corrected chi connectivity index (χ1v) is 10.8. The van der Waals surface area contributed by atoms with Gasteiger partial charge in [0.2, 0.25) is 0 Å². The van der Waals surface area contributed by atoms with Gasteiger partial charge >= 0.3 is 18.4 Å². The molecule has 4 rings (SSSR count). The topological polar surface area (TPSA) is 111 Å². The van der Waals surface area contributed by atoms with Gasteiger partial charge in [-0.15, -0.1) is 8.78 Å². The van der Waals surface area contributed by atoms with Gasteiger partial charge < -0.3 is 25.4 Å². The number of carbonyl (C=O) groups is 2. The summed E-state index contributed by atoms with van der Waals surface area (Å²) in [6.07, 6.45) is -7.55. The number of carbonyl (C=O) groups excluding carboxylic acids is 2. The van der Waals surface area contributed by atoms with E-state index in [0.29, 0.717) is 0 Å². The lowest BCUT2D eigenvalue weighted by atomic mass is 10.1.